The van der Waals surface area contributed by atoms with Crippen LogP contribution in [0.2, 0.25) is 0 Å². The van der Waals surface area contributed by atoms with E-state index in [-0.39, 0.29) is 0 Å². The van der Waals surface area contributed by atoms with E-state index >= 15 is 0 Å². The van der Waals surface area contributed by atoms with Crippen LogP contribution in [0.1, 0.15) is 70.6 Å². The van der Waals surface area contributed by atoms with E-state index < -0.39 is 0 Å². The molecule has 0 heterocycles. The van der Waals surface area contributed by atoms with Crippen LogP contribution < -0.4 is 0 Å². The molecule has 1 N–H and O–H groups in total. The van der Waals surface area contributed by atoms with E-state index in [0.717, 1.165) is 11.8 Å². The van der Waals surface area contributed by atoms with Crippen molar-refractivity contribution < 1.29 is 0 Å². The van der Waals surface area contributed by atoms with E-state index in [4.69, 9.17) is 5.53 Å². The Bertz CT molecular complexity index is 311. The van der Waals surface area contributed by atoms with Gasteiger partial charge < -0.3 is 0 Å². The van der Waals surface area contributed by atoms with Crippen molar-refractivity contribution >= 4 is 22.6 Å². The predicted molar refractivity (Wildman–Crippen MR) is 91.7 cm³/mol. The van der Waals surface area contributed by atoms with Crippen LogP contribution in [0.3, 0.4) is 0 Å². The largest absolute Gasteiger partial charge is 0.251 e. The topological polar surface area (TPSA) is 39.5 Å². The van der Waals surface area contributed by atoms with Gasteiger partial charge in [-0.25, -0.2) is 0 Å². The van der Waals surface area contributed by atoms with Crippen molar-refractivity contribution in [2.75, 3.05) is 0 Å². The molecule has 114 valence electrons. The summed E-state index contributed by atoms with van der Waals surface area (Å²) in [5, 5.41) is 5.55. The second-order valence-electron chi connectivity index (χ2n) is 6.43. The van der Waals surface area contributed by atoms with Gasteiger partial charge in [0.2, 0.25) is 0 Å². The van der Waals surface area contributed by atoms with Gasteiger partial charge in [-0.05, 0) is 35.2 Å². The lowest BCUT2D eigenvalue weighted by Crippen LogP contribution is -2.25. The predicted octanol–water partition coefficient (Wildman–Crippen LogP) is 6.06. The zero-order valence-corrected chi connectivity index (χ0v) is 14.6. The van der Waals surface area contributed by atoms with Crippen molar-refractivity contribution in [1.29, 1.82) is 5.53 Å². The average molecular weight is 389 g/mol. The Labute approximate surface area is 137 Å². The maximum Gasteiger partial charge on any atom is 0.0536 e. The van der Waals surface area contributed by atoms with Crippen LogP contribution in [0, 0.1) is 17.4 Å². The summed E-state index contributed by atoms with van der Waals surface area (Å²) in [6, 6.07) is 0.453. The van der Waals surface area contributed by atoms with E-state index in [1.807, 2.05) is 15.3 Å². The van der Waals surface area contributed by atoms with Crippen LogP contribution in [0.25, 0.3) is 0 Å². The standard InChI is InChI=1S/C16H28IN3/c17-12-13-20(19-18)16-9-5-8-15(10-11-16)14-6-3-1-2-4-7-14/h12-16,18H,1-11H2/b13-12-,19-18?. The van der Waals surface area contributed by atoms with Gasteiger partial charge in [0, 0.05) is 6.20 Å². The van der Waals surface area contributed by atoms with Crippen LogP contribution in [-0.2, 0) is 0 Å². The number of nitrogens with zero attached hydrogens (tertiary/aromatic N) is 2. The number of halogens is 1. The second-order valence-corrected chi connectivity index (χ2v) is 7.15. The molecule has 2 aliphatic rings. The van der Waals surface area contributed by atoms with Crippen molar-refractivity contribution in [3.8, 4) is 0 Å². The zero-order valence-electron chi connectivity index (χ0n) is 12.4. The van der Waals surface area contributed by atoms with Gasteiger partial charge in [-0.15, -0.1) is 0 Å². The molecule has 0 aliphatic heterocycles. The molecule has 4 heteroatoms. The summed E-state index contributed by atoms with van der Waals surface area (Å²) in [5.41, 5.74) is 7.34. The van der Waals surface area contributed by atoms with Crippen molar-refractivity contribution in [2.24, 2.45) is 17.1 Å². The highest BCUT2D eigenvalue weighted by atomic mass is 127. The second kappa shape index (κ2) is 9.00. The lowest BCUT2D eigenvalue weighted by atomic mass is 9.81. The van der Waals surface area contributed by atoms with Crippen LogP contribution in [0.4, 0.5) is 0 Å². The monoisotopic (exact) mass is 389 g/mol. The highest BCUT2D eigenvalue weighted by Gasteiger charge is 2.27. The summed E-state index contributed by atoms with van der Waals surface area (Å²) in [6.07, 6.45) is 17.2. The van der Waals surface area contributed by atoms with Crippen molar-refractivity contribution in [3.63, 3.8) is 0 Å². The Morgan fingerprint density at radius 2 is 1.50 bits per heavy atom. The fourth-order valence-electron chi connectivity index (χ4n) is 4.12. The number of nitrogens with one attached hydrogen (secondary N) is 1. The van der Waals surface area contributed by atoms with Gasteiger partial charge in [-0.2, -0.15) is 5.53 Å². The van der Waals surface area contributed by atoms with Gasteiger partial charge in [0.15, 0.2) is 0 Å². The Morgan fingerprint density at radius 1 is 0.850 bits per heavy atom. The Balaban J connectivity index is 1.89. The molecule has 2 aliphatic carbocycles. The molecule has 0 radical (unpaired) electrons. The first kappa shape index (κ1) is 16.2. The first-order valence-corrected chi connectivity index (χ1v) is 9.52. The molecule has 2 fully saturated rings. The first-order chi connectivity index (χ1) is 9.85. The number of hydrogen-bond acceptors (Lipinski definition) is 2. The van der Waals surface area contributed by atoms with Crippen molar-refractivity contribution in [3.05, 3.63) is 10.3 Å². The quantitative estimate of drug-likeness (QED) is 0.270. The normalized spacial score (nSPS) is 29.9. The minimum atomic E-state index is 0.453. The molecule has 2 atom stereocenters. The van der Waals surface area contributed by atoms with Crippen LogP contribution >= 0.6 is 22.6 Å². The van der Waals surface area contributed by atoms with E-state index in [2.05, 4.69) is 27.8 Å². The SMILES string of the molecule is N=NN(/C=C\I)C1CCCC(C2CCCCCC2)CC1. The summed E-state index contributed by atoms with van der Waals surface area (Å²) < 4.78 is 1.96. The van der Waals surface area contributed by atoms with Gasteiger partial charge in [0.25, 0.3) is 0 Å². The van der Waals surface area contributed by atoms with E-state index in [1.165, 1.54) is 70.6 Å². The minimum Gasteiger partial charge on any atom is -0.251 e. The van der Waals surface area contributed by atoms with Crippen molar-refractivity contribution in [2.45, 2.75) is 76.7 Å². The summed E-state index contributed by atoms with van der Waals surface area (Å²) in [7, 11) is 0. The lowest BCUT2D eigenvalue weighted by Gasteiger charge is -2.26. The first-order valence-electron chi connectivity index (χ1n) is 8.27. The van der Waals surface area contributed by atoms with E-state index in [1.54, 1.807) is 0 Å². The molecule has 0 aromatic rings. The Hall–Kier alpha value is -0.130. The molecule has 2 unspecified atom stereocenters. The van der Waals surface area contributed by atoms with Gasteiger partial charge >= 0.3 is 0 Å². The van der Waals surface area contributed by atoms with E-state index in [0.29, 0.717) is 6.04 Å². The van der Waals surface area contributed by atoms with Gasteiger partial charge in [-0.3, -0.25) is 5.01 Å². The summed E-state index contributed by atoms with van der Waals surface area (Å²) in [4.78, 5) is 0. The fourth-order valence-corrected chi connectivity index (χ4v) is 4.45. The smallest absolute Gasteiger partial charge is 0.0536 e. The maximum atomic E-state index is 7.34. The van der Waals surface area contributed by atoms with Gasteiger partial charge in [0.1, 0.15) is 0 Å². The zero-order chi connectivity index (χ0) is 14.2. The fraction of sp³-hybridized carbons (Fsp3) is 0.875. The van der Waals surface area contributed by atoms with Crippen molar-refractivity contribution in [1.82, 2.24) is 5.01 Å². The molecule has 0 bridgehead atoms. The van der Waals surface area contributed by atoms with E-state index in [9.17, 15) is 0 Å². The molecule has 3 nitrogen and oxygen atoms in total. The average Bonchev–Trinajstić information content (AvgIpc) is 2.87. The molecule has 0 aromatic heterocycles. The highest BCUT2D eigenvalue weighted by Crippen LogP contribution is 2.37. The lowest BCUT2D eigenvalue weighted by molar-refractivity contribution is 0.228. The Morgan fingerprint density at radius 3 is 2.15 bits per heavy atom. The number of hydrogen-bond donors (Lipinski definition) is 1. The molecule has 0 amide bonds. The molecule has 2 rings (SSSR count). The summed E-state index contributed by atoms with van der Waals surface area (Å²) in [5.74, 6) is 1.92. The molecular weight excluding hydrogens is 361 g/mol. The molecule has 0 spiro atoms. The number of rotatable bonds is 4. The third-order valence-corrected chi connectivity index (χ3v) is 5.57. The third-order valence-electron chi connectivity index (χ3n) is 5.25. The third kappa shape index (κ3) is 4.71. The molecular formula is C16H28IN3. The van der Waals surface area contributed by atoms with Crippen LogP contribution in [-0.4, -0.2) is 11.1 Å². The highest BCUT2D eigenvalue weighted by molar-refractivity contribution is 14.1. The Kier molecular flexibility index (Phi) is 7.31. The van der Waals surface area contributed by atoms with Gasteiger partial charge in [0.05, 0.1) is 6.04 Å². The summed E-state index contributed by atoms with van der Waals surface area (Å²) in [6.45, 7) is 0. The summed E-state index contributed by atoms with van der Waals surface area (Å²) >= 11 is 2.21. The van der Waals surface area contributed by atoms with Crippen LogP contribution in [0.15, 0.2) is 15.5 Å². The minimum absolute atomic E-state index is 0.453. The maximum absolute atomic E-state index is 7.34. The molecule has 2 saturated carbocycles. The molecule has 20 heavy (non-hydrogen) atoms. The van der Waals surface area contributed by atoms with Crippen LogP contribution in [0.5, 0.6) is 0 Å². The molecule has 0 saturated heterocycles. The molecule has 0 aromatic carbocycles. The van der Waals surface area contributed by atoms with Gasteiger partial charge in [-0.1, -0.05) is 79.2 Å².